The van der Waals surface area contributed by atoms with Crippen LogP contribution in [0.1, 0.15) is 31.9 Å². The van der Waals surface area contributed by atoms with E-state index in [0.29, 0.717) is 12.0 Å². The summed E-state index contributed by atoms with van der Waals surface area (Å²) in [6.07, 6.45) is 0.598. The minimum absolute atomic E-state index is 0.252. The van der Waals surface area contributed by atoms with Gasteiger partial charge in [0.2, 0.25) is 0 Å². The fourth-order valence-corrected chi connectivity index (χ4v) is 1.59. The molecule has 0 aromatic heterocycles. The van der Waals surface area contributed by atoms with Gasteiger partial charge >= 0.3 is 0 Å². The highest BCUT2D eigenvalue weighted by molar-refractivity contribution is 5.21. The van der Waals surface area contributed by atoms with E-state index in [2.05, 4.69) is 5.43 Å². The predicted molar refractivity (Wildman–Crippen MR) is 62.2 cm³/mol. The molecule has 0 bridgehead atoms. The molecule has 0 saturated heterocycles. The van der Waals surface area contributed by atoms with Gasteiger partial charge in [-0.15, -0.1) is 0 Å². The topological polar surface area (TPSA) is 47.3 Å². The predicted octanol–water partition coefficient (Wildman–Crippen LogP) is 2.15. The molecule has 1 rings (SSSR count). The van der Waals surface area contributed by atoms with E-state index in [1.807, 2.05) is 13.8 Å². The number of hydrogen-bond acceptors (Lipinski definition) is 3. The van der Waals surface area contributed by atoms with Crippen molar-refractivity contribution in [3.63, 3.8) is 0 Å². The molecule has 0 aliphatic rings. The highest BCUT2D eigenvalue weighted by atomic mass is 19.1. The van der Waals surface area contributed by atoms with Crippen LogP contribution < -0.4 is 11.3 Å². The molecule has 1 unspecified atom stereocenters. The summed E-state index contributed by atoms with van der Waals surface area (Å²) in [4.78, 5) is 0. The summed E-state index contributed by atoms with van der Waals surface area (Å²) >= 11 is 0. The lowest BCUT2D eigenvalue weighted by atomic mass is 9.94. The second kappa shape index (κ2) is 5.39. The maximum atomic E-state index is 13.6. The SMILES string of the molecule is COC(C)(C)CC(NN)c1ccccc1F. The van der Waals surface area contributed by atoms with Crippen LogP contribution >= 0.6 is 0 Å². The normalized spacial score (nSPS) is 13.8. The van der Waals surface area contributed by atoms with Crippen LogP contribution in [0.5, 0.6) is 0 Å². The Morgan fingerprint density at radius 1 is 1.44 bits per heavy atom. The van der Waals surface area contributed by atoms with Crippen LogP contribution in [0.15, 0.2) is 24.3 Å². The van der Waals surface area contributed by atoms with E-state index in [-0.39, 0.29) is 17.5 Å². The van der Waals surface area contributed by atoms with Crippen LogP contribution in [0.4, 0.5) is 4.39 Å². The first-order valence-corrected chi connectivity index (χ1v) is 5.26. The van der Waals surface area contributed by atoms with E-state index in [4.69, 9.17) is 10.6 Å². The van der Waals surface area contributed by atoms with Crippen molar-refractivity contribution in [2.24, 2.45) is 5.84 Å². The summed E-state index contributed by atoms with van der Waals surface area (Å²) in [5.74, 6) is 5.21. The Morgan fingerprint density at radius 2 is 2.06 bits per heavy atom. The summed E-state index contributed by atoms with van der Waals surface area (Å²) in [5.41, 5.74) is 2.85. The molecule has 3 N–H and O–H groups in total. The van der Waals surface area contributed by atoms with Crippen molar-refractivity contribution < 1.29 is 9.13 Å². The van der Waals surface area contributed by atoms with Crippen LogP contribution in [0.2, 0.25) is 0 Å². The van der Waals surface area contributed by atoms with E-state index < -0.39 is 0 Å². The van der Waals surface area contributed by atoms with E-state index in [1.54, 1.807) is 25.3 Å². The van der Waals surface area contributed by atoms with Crippen LogP contribution in [0.25, 0.3) is 0 Å². The number of methoxy groups -OCH3 is 1. The van der Waals surface area contributed by atoms with Gasteiger partial charge in [0.05, 0.1) is 11.6 Å². The maximum absolute atomic E-state index is 13.6. The Morgan fingerprint density at radius 3 is 2.56 bits per heavy atom. The molecule has 16 heavy (non-hydrogen) atoms. The average Bonchev–Trinajstić information content (AvgIpc) is 2.27. The first kappa shape index (κ1) is 13.1. The Balaban J connectivity index is 2.87. The molecule has 3 nitrogen and oxygen atoms in total. The van der Waals surface area contributed by atoms with Gasteiger partial charge in [-0.1, -0.05) is 18.2 Å². The largest absolute Gasteiger partial charge is 0.379 e. The molecule has 1 aromatic rings. The molecule has 0 aliphatic carbocycles. The first-order valence-electron chi connectivity index (χ1n) is 5.26. The third kappa shape index (κ3) is 3.27. The van der Waals surface area contributed by atoms with Gasteiger partial charge in [-0.2, -0.15) is 0 Å². The van der Waals surface area contributed by atoms with Gasteiger partial charge in [-0.25, -0.2) is 4.39 Å². The van der Waals surface area contributed by atoms with Crippen molar-refractivity contribution in [3.8, 4) is 0 Å². The van der Waals surface area contributed by atoms with Gasteiger partial charge < -0.3 is 4.74 Å². The van der Waals surface area contributed by atoms with Crippen molar-refractivity contribution in [2.45, 2.75) is 31.9 Å². The fourth-order valence-electron chi connectivity index (χ4n) is 1.59. The second-order valence-electron chi connectivity index (χ2n) is 4.41. The summed E-state index contributed by atoms with van der Waals surface area (Å²) in [6, 6.07) is 6.36. The Labute approximate surface area is 95.8 Å². The average molecular weight is 226 g/mol. The summed E-state index contributed by atoms with van der Waals surface area (Å²) in [5, 5.41) is 0. The van der Waals surface area contributed by atoms with Crippen LogP contribution in [-0.4, -0.2) is 12.7 Å². The Hall–Kier alpha value is -0.970. The first-order chi connectivity index (χ1) is 7.50. The minimum Gasteiger partial charge on any atom is -0.379 e. The van der Waals surface area contributed by atoms with Crippen LogP contribution in [0.3, 0.4) is 0 Å². The number of hydrazine groups is 1. The Bertz CT molecular complexity index is 342. The van der Waals surface area contributed by atoms with E-state index in [9.17, 15) is 4.39 Å². The molecule has 0 aliphatic heterocycles. The molecular weight excluding hydrogens is 207 g/mol. The van der Waals surface area contributed by atoms with Gasteiger partial charge in [0.15, 0.2) is 0 Å². The molecule has 0 radical (unpaired) electrons. The molecule has 0 heterocycles. The second-order valence-corrected chi connectivity index (χ2v) is 4.41. The third-order valence-electron chi connectivity index (χ3n) is 2.73. The summed E-state index contributed by atoms with van der Waals surface area (Å²) in [7, 11) is 1.63. The molecule has 1 aromatic carbocycles. The van der Waals surface area contributed by atoms with Gasteiger partial charge in [0.1, 0.15) is 5.82 Å². The smallest absolute Gasteiger partial charge is 0.128 e. The molecular formula is C12H19FN2O. The third-order valence-corrected chi connectivity index (χ3v) is 2.73. The number of halogens is 1. The van der Waals surface area contributed by atoms with Crippen LogP contribution in [-0.2, 0) is 4.74 Å². The highest BCUT2D eigenvalue weighted by Crippen LogP contribution is 2.26. The molecule has 0 spiro atoms. The standard InChI is InChI=1S/C12H19FN2O/c1-12(2,16-3)8-11(15-14)9-6-4-5-7-10(9)13/h4-7,11,15H,8,14H2,1-3H3. The maximum Gasteiger partial charge on any atom is 0.128 e. The minimum atomic E-state index is -0.348. The molecule has 0 fully saturated rings. The molecule has 0 amide bonds. The molecule has 90 valence electrons. The number of benzene rings is 1. The van der Waals surface area contributed by atoms with Crippen molar-refractivity contribution in [1.82, 2.24) is 5.43 Å². The monoisotopic (exact) mass is 226 g/mol. The Kier molecular flexibility index (Phi) is 4.41. The molecule has 0 saturated carbocycles. The van der Waals surface area contributed by atoms with Crippen molar-refractivity contribution in [3.05, 3.63) is 35.6 Å². The number of ether oxygens (including phenoxy) is 1. The summed E-state index contributed by atoms with van der Waals surface area (Å²) < 4.78 is 18.9. The van der Waals surface area contributed by atoms with Crippen molar-refractivity contribution >= 4 is 0 Å². The van der Waals surface area contributed by atoms with Gasteiger partial charge in [-0.3, -0.25) is 11.3 Å². The zero-order valence-corrected chi connectivity index (χ0v) is 9.96. The van der Waals surface area contributed by atoms with Gasteiger partial charge in [0, 0.05) is 12.7 Å². The fraction of sp³-hybridized carbons (Fsp3) is 0.500. The zero-order chi connectivity index (χ0) is 12.2. The number of hydrogen-bond donors (Lipinski definition) is 2. The summed E-state index contributed by atoms with van der Waals surface area (Å²) in [6.45, 7) is 3.89. The van der Waals surface area contributed by atoms with Crippen LogP contribution in [0, 0.1) is 5.82 Å². The quantitative estimate of drug-likeness (QED) is 0.597. The van der Waals surface area contributed by atoms with Gasteiger partial charge in [0.25, 0.3) is 0 Å². The van der Waals surface area contributed by atoms with E-state index >= 15 is 0 Å². The molecule has 1 atom stereocenters. The lowest BCUT2D eigenvalue weighted by molar-refractivity contribution is 0.00655. The number of nitrogens with one attached hydrogen (secondary N) is 1. The molecule has 4 heteroatoms. The lowest BCUT2D eigenvalue weighted by Crippen LogP contribution is -2.35. The van der Waals surface area contributed by atoms with Gasteiger partial charge in [-0.05, 0) is 26.3 Å². The number of nitrogens with two attached hydrogens (primary N) is 1. The zero-order valence-electron chi connectivity index (χ0n) is 9.96. The number of rotatable bonds is 5. The lowest BCUT2D eigenvalue weighted by Gasteiger charge is -2.28. The highest BCUT2D eigenvalue weighted by Gasteiger charge is 2.24. The van der Waals surface area contributed by atoms with Crippen molar-refractivity contribution in [1.29, 1.82) is 0 Å². The van der Waals surface area contributed by atoms with E-state index in [1.165, 1.54) is 6.07 Å². The van der Waals surface area contributed by atoms with E-state index in [0.717, 1.165) is 0 Å². The van der Waals surface area contributed by atoms with Crippen molar-refractivity contribution in [2.75, 3.05) is 7.11 Å².